The van der Waals surface area contributed by atoms with Gasteiger partial charge in [-0.2, -0.15) is 5.10 Å². The minimum absolute atomic E-state index is 0.199. The summed E-state index contributed by atoms with van der Waals surface area (Å²) in [5.74, 6) is 0.743. The number of H-pyrrole nitrogens is 1. The molecule has 6 nitrogen and oxygen atoms in total. The van der Waals surface area contributed by atoms with Gasteiger partial charge in [-0.15, -0.1) is 0 Å². The highest BCUT2D eigenvalue weighted by atomic mass is 16.2. The van der Waals surface area contributed by atoms with Crippen molar-refractivity contribution in [3.63, 3.8) is 0 Å². The Kier molecular flexibility index (Phi) is 3.56. The molecule has 2 fully saturated rings. The fourth-order valence-electron chi connectivity index (χ4n) is 3.72. The molecule has 2 aliphatic carbocycles. The Bertz CT molecular complexity index is 522. The van der Waals surface area contributed by atoms with Crippen LogP contribution in [0.25, 0.3) is 0 Å². The summed E-state index contributed by atoms with van der Waals surface area (Å²) in [6, 6.07) is 3.24. The maximum absolute atomic E-state index is 12.2. The first-order valence-electron chi connectivity index (χ1n) is 7.25. The van der Waals surface area contributed by atoms with Crippen LogP contribution in [0.2, 0.25) is 0 Å². The van der Waals surface area contributed by atoms with Gasteiger partial charge in [-0.25, -0.2) is 5.10 Å². The van der Waals surface area contributed by atoms with E-state index in [-0.39, 0.29) is 29.2 Å². The van der Waals surface area contributed by atoms with Crippen molar-refractivity contribution in [1.29, 1.82) is 0 Å². The van der Waals surface area contributed by atoms with Crippen LogP contribution in [-0.2, 0) is 0 Å². The van der Waals surface area contributed by atoms with E-state index in [0.717, 1.165) is 25.7 Å². The molecule has 2 aliphatic rings. The Morgan fingerprint density at radius 2 is 2.00 bits per heavy atom. The first-order valence-corrected chi connectivity index (χ1v) is 7.25. The van der Waals surface area contributed by atoms with Crippen molar-refractivity contribution in [3.8, 4) is 0 Å². The fraction of sp³-hybridized carbons (Fsp3) is 0.643. The number of aromatic amines is 1. The number of aromatic nitrogens is 2. The van der Waals surface area contributed by atoms with Crippen molar-refractivity contribution in [2.45, 2.75) is 44.2 Å². The van der Waals surface area contributed by atoms with Crippen LogP contribution < -0.4 is 16.6 Å². The molecule has 1 aromatic rings. The molecule has 2 bridgehead atoms. The number of hydrogen-bond donors (Lipinski definition) is 3. The second-order valence-electron chi connectivity index (χ2n) is 5.99. The van der Waals surface area contributed by atoms with E-state index in [1.54, 1.807) is 0 Å². The standard InChI is InChI=1S/C14H20N4O2/c15-10-6-8-2-1-3-9(7-10)13(8)16-14(20)11-4-5-12(19)18-17-11/h4-5,8-10,13H,1-3,6-7,15H2,(H,16,20)(H,18,19). The van der Waals surface area contributed by atoms with E-state index in [4.69, 9.17) is 5.73 Å². The van der Waals surface area contributed by atoms with E-state index in [1.807, 2.05) is 0 Å². The summed E-state index contributed by atoms with van der Waals surface area (Å²) < 4.78 is 0. The van der Waals surface area contributed by atoms with E-state index < -0.39 is 0 Å². The van der Waals surface area contributed by atoms with Crippen LogP contribution in [0.15, 0.2) is 16.9 Å². The van der Waals surface area contributed by atoms with Crippen molar-refractivity contribution >= 4 is 5.91 Å². The monoisotopic (exact) mass is 276 g/mol. The molecule has 6 heteroatoms. The summed E-state index contributed by atoms with van der Waals surface area (Å²) in [7, 11) is 0. The quantitative estimate of drug-likeness (QED) is 0.728. The summed E-state index contributed by atoms with van der Waals surface area (Å²) >= 11 is 0. The van der Waals surface area contributed by atoms with E-state index in [1.165, 1.54) is 18.6 Å². The number of nitrogens with two attached hydrogens (primary N) is 1. The fourth-order valence-corrected chi connectivity index (χ4v) is 3.72. The molecule has 1 aromatic heterocycles. The zero-order chi connectivity index (χ0) is 14.1. The molecule has 0 aliphatic heterocycles. The molecule has 3 rings (SSSR count). The summed E-state index contributed by atoms with van der Waals surface area (Å²) in [6.07, 6.45) is 5.47. The highest BCUT2D eigenvalue weighted by Gasteiger charge is 2.40. The lowest BCUT2D eigenvalue weighted by molar-refractivity contribution is 0.0750. The van der Waals surface area contributed by atoms with Crippen LogP contribution >= 0.6 is 0 Å². The molecular weight excluding hydrogens is 256 g/mol. The molecule has 2 atom stereocenters. The molecule has 108 valence electrons. The Morgan fingerprint density at radius 1 is 1.30 bits per heavy atom. The smallest absolute Gasteiger partial charge is 0.271 e. The highest BCUT2D eigenvalue weighted by molar-refractivity contribution is 5.92. The molecule has 20 heavy (non-hydrogen) atoms. The third-order valence-electron chi connectivity index (χ3n) is 4.59. The molecule has 1 heterocycles. The zero-order valence-electron chi connectivity index (χ0n) is 11.3. The Balaban J connectivity index is 1.72. The third kappa shape index (κ3) is 2.60. The second-order valence-corrected chi connectivity index (χ2v) is 5.99. The first-order chi connectivity index (χ1) is 9.63. The van der Waals surface area contributed by atoms with Gasteiger partial charge in [0, 0.05) is 18.2 Å². The molecule has 0 radical (unpaired) electrons. The number of hydrogen-bond acceptors (Lipinski definition) is 4. The molecule has 2 saturated carbocycles. The summed E-state index contributed by atoms with van der Waals surface area (Å²) in [4.78, 5) is 23.2. The van der Waals surface area contributed by atoms with Crippen LogP contribution in [0.5, 0.6) is 0 Å². The summed E-state index contributed by atoms with van der Waals surface area (Å²) in [6.45, 7) is 0. The van der Waals surface area contributed by atoms with Crippen molar-refractivity contribution in [2.24, 2.45) is 17.6 Å². The predicted octanol–water partition coefficient (Wildman–Crippen LogP) is 0.406. The molecule has 4 N–H and O–H groups in total. The minimum atomic E-state index is -0.304. The van der Waals surface area contributed by atoms with Crippen molar-refractivity contribution in [2.75, 3.05) is 0 Å². The van der Waals surface area contributed by atoms with Crippen LogP contribution in [0.3, 0.4) is 0 Å². The van der Waals surface area contributed by atoms with Gasteiger partial charge in [0.2, 0.25) is 0 Å². The average molecular weight is 276 g/mol. The van der Waals surface area contributed by atoms with Crippen LogP contribution in [0.1, 0.15) is 42.6 Å². The number of nitrogens with one attached hydrogen (secondary N) is 2. The van der Waals surface area contributed by atoms with E-state index in [9.17, 15) is 9.59 Å². The molecule has 0 aromatic carbocycles. The van der Waals surface area contributed by atoms with Gasteiger partial charge in [0.05, 0.1) is 0 Å². The lowest BCUT2D eigenvalue weighted by Crippen LogP contribution is -2.53. The van der Waals surface area contributed by atoms with Crippen molar-refractivity contribution < 1.29 is 4.79 Å². The van der Waals surface area contributed by atoms with Gasteiger partial charge < -0.3 is 11.1 Å². The Morgan fingerprint density at radius 3 is 2.60 bits per heavy atom. The van der Waals surface area contributed by atoms with Gasteiger partial charge in [0.25, 0.3) is 11.5 Å². The lowest BCUT2D eigenvalue weighted by atomic mass is 9.67. The highest BCUT2D eigenvalue weighted by Crippen LogP contribution is 2.39. The van der Waals surface area contributed by atoms with Crippen LogP contribution in [0, 0.1) is 11.8 Å². The molecule has 0 spiro atoms. The van der Waals surface area contributed by atoms with Crippen molar-refractivity contribution in [3.05, 3.63) is 28.2 Å². The molecule has 0 saturated heterocycles. The van der Waals surface area contributed by atoms with Crippen LogP contribution in [-0.4, -0.2) is 28.2 Å². The maximum atomic E-state index is 12.2. The van der Waals surface area contributed by atoms with Gasteiger partial charge in [-0.1, -0.05) is 6.42 Å². The van der Waals surface area contributed by atoms with E-state index in [2.05, 4.69) is 15.5 Å². The molecule has 1 amide bonds. The Labute approximate surface area is 117 Å². The zero-order valence-corrected chi connectivity index (χ0v) is 11.3. The van der Waals surface area contributed by atoms with Gasteiger partial charge >= 0.3 is 0 Å². The predicted molar refractivity (Wildman–Crippen MR) is 74.2 cm³/mol. The average Bonchev–Trinajstić information content (AvgIpc) is 2.40. The van der Waals surface area contributed by atoms with E-state index in [0.29, 0.717) is 11.8 Å². The third-order valence-corrected chi connectivity index (χ3v) is 4.59. The number of amides is 1. The molecular formula is C14H20N4O2. The topological polar surface area (TPSA) is 101 Å². The summed E-state index contributed by atoms with van der Waals surface area (Å²) in [5.41, 5.74) is 6.04. The Hall–Kier alpha value is -1.69. The van der Waals surface area contributed by atoms with Crippen LogP contribution in [0.4, 0.5) is 0 Å². The van der Waals surface area contributed by atoms with E-state index >= 15 is 0 Å². The van der Waals surface area contributed by atoms with Crippen molar-refractivity contribution in [1.82, 2.24) is 15.5 Å². The normalized spacial score (nSPS) is 32.6. The van der Waals surface area contributed by atoms with Gasteiger partial charge in [-0.05, 0) is 43.6 Å². The SMILES string of the molecule is NC1CC2CCCC(C1)C2NC(=O)c1ccc(=O)[nH]n1. The van der Waals surface area contributed by atoms with Gasteiger partial charge in [0.15, 0.2) is 0 Å². The number of carbonyl (C=O) groups is 1. The van der Waals surface area contributed by atoms with Gasteiger partial charge in [0.1, 0.15) is 5.69 Å². The maximum Gasteiger partial charge on any atom is 0.271 e. The lowest BCUT2D eigenvalue weighted by Gasteiger charge is -2.45. The number of carbonyl (C=O) groups excluding carboxylic acids is 1. The first kappa shape index (κ1) is 13.3. The molecule has 2 unspecified atom stereocenters. The van der Waals surface area contributed by atoms with Gasteiger partial charge in [-0.3, -0.25) is 9.59 Å². The summed E-state index contributed by atoms with van der Waals surface area (Å²) in [5, 5.41) is 9.17. The largest absolute Gasteiger partial charge is 0.347 e. The second kappa shape index (κ2) is 5.36. The number of fused-ring (bicyclic) bond motifs is 2. The minimum Gasteiger partial charge on any atom is -0.347 e. The number of nitrogens with zero attached hydrogens (tertiary/aromatic N) is 1. The number of rotatable bonds is 2.